The van der Waals surface area contributed by atoms with E-state index in [1.807, 2.05) is 42.5 Å². The minimum atomic E-state index is -4.42. The third-order valence-electron chi connectivity index (χ3n) is 5.98. The van der Waals surface area contributed by atoms with Crippen LogP contribution < -0.4 is 4.74 Å². The molecule has 0 spiro atoms. The second-order valence-electron chi connectivity index (χ2n) is 8.33. The van der Waals surface area contributed by atoms with Crippen molar-refractivity contribution < 1.29 is 17.9 Å². The van der Waals surface area contributed by atoms with Crippen molar-refractivity contribution in [2.75, 3.05) is 0 Å². The van der Waals surface area contributed by atoms with Gasteiger partial charge in [0.15, 0.2) is 0 Å². The Morgan fingerprint density at radius 1 is 0.743 bits per heavy atom. The van der Waals surface area contributed by atoms with Gasteiger partial charge in [0.2, 0.25) is 5.88 Å². The SMILES string of the molecule is Cc1cc(C(F)(F)F)ccc1Oc1nnc(-c2cc3ccccc3s2)c2cc3ccccc3cc12. The number of nitrogens with zero attached hydrogens (tertiary/aromatic N) is 2. The number of fused-ring (bicyclic) bond motifs is 3. The average Bonchev–Trinajstić information content (AvgIpc) is 3.27. The summed E-state index contributed by atoms with van der Waals surface area (Å²) in [6, 6.07) is 25.7. The molecule has 4 aromatic carbocycles. The number of hydrogen-bond donors (Lipinski definition) is 0. The van der Waals surface area contributed by atoms with E-state index < -0.39 is 11.7 Å². The highest BCUT2D eigenvalue weighted by Crippen LogP contribution is 2.40. The van der Waals surface area contributed by atoms with Gasteiger partial charge in [-0.15, -0.1) is 21.5 Å². The maximum Gasteiger partial charge on any atom is 0.416 e. The molecule has 0 fully saturated rings. The lowest BCUT2D eigenvalue weighted by Gasteiger charge is -2.14. The second-order valence-corrected chi connectivity index (χ2v) is 9.41. The number of alkyl halides is 3. The van der Waals surface area contributed by atoms with Crippen molar-refractivity contribution in [2.24, 2.45) is 0 Å². The Morgan fingerprint density at radius 2 is 1.43 bits per heavy atom. The highest BCUT2D eigenvalue weighted by Gasteiger charge is 2.31. The summed E-state index contributed by atoms with van der Waals surface area (Å²) < 4.78 is 46.5. The van der Waals surface area contributed by atoms with Crippen LogP contribution in [-0.4, -0.2) is 10.2 Å². The lowest BCUT2D eigenvalue weighted by Crippen LogP contribution is -2.05. The molecule has 6 rings (SSSR count). The van der Waals surface area contributed by atoms with Gasteiger partial charge in [-0.3, -0.25) is 0 Å². The van der Waals surface area contributed by atoms with Gasteiger partial charge in [0.05, 0.1) is 10.4 Å². The number of ether oxygens (including phenoxy) is 1. The van der Waals surface area contributed by atoms with Crippen LogP contribution in [0, 0.1) is 6.92 Å². The Balaban J connectivity index is 1.53. The fourth-order valence-corrected chi connectivity index (χ4v) is 5.28. The fraction of sp³-hybridized carbons (Fsp3) is 0.0714. The molecule has 0 bridgehead atoms. The summed E-state index contributed by atoms with van der Waals surface area (Å²) in [6.45, 7) is 1.58. The van der Waals surface area contributed by atoms with Gasteiger partial charge < -0.3 is 4.74 Å². The quantitative estimate of drug-likeness (QED) is 0.235. The monoisotopic (exact) mass is 486 g/mol. The van der Waals surface area contributed by atoms with Crippen LogP contribution in [0.25, 0.3) is 42.2 Å². The second kappa shape index (κ2) is 8.06. The summed E-state index contributed by atoms with van der Waals surface area (Å²) in [5, 5.41) is 13.7. The molecule has 0 atom stereocenters. The normalized spacial score (nSPS) is 12.0. The average molecular weight is 487 g/mol. The van der Waals surface area contributed by atoms with Crippen molar-refractivity contribution in [3.05, 3.63) is 96.1 Å². The van der Waals surface area contributed by atoms with Crippen LogP contribution in [0.2, 0.25) is 0 Å². The molecule has 35 heavy (non-hydrogen) atoms. The first-order chi connectivity index (χ1) is 16.9. The number of halogens is 3. The molecule has 2 heterocycles. The molecule has 0 saturated heterocycles. The van der Waals surface area contributed by atoms with Crippen molar-refractivity contribution in [3.63, 3.8) is 0 Å². The molecule has 6 aromatic rings. The molecule has 7 heteroatoms. The molecule has 0 aliphatic rings. The van der Waals surface area contributed by atoms with Crippen molar-refractivity contribution in [1.82, 2.24) is 10.2 Å². The van der Waals surface area contributed by atoms with E-state index in [2.05, 4.69) is 34.5 Å². The first-order valence-corrected chi connectivity index (χ1v) is 11.7. The van der Waals surface area contributed by atoms with E-state index >= 15 is 0 Å². The lowest BCUT2D eigenvalue weighted by atomic mass is 10.0. The van der Waals surface area contributed by atoms with Crippen LogP contribution >= 0.6 is 11.3 Å². The molecule has 3 nitrogen and oxygen atoms in total. The summed E-state index contributed by atoms with van der Waals surface area (Å²) in [4.78, 5) is 0.983. The third-order valence-corrected chi connectivity index (χ3v) is 7.10. The van der Waals surface area contributed by atoms with E-state index in [4.69, 9.17) is 4.74 Å². The van der Waals surface area contributed by atoms with Gasteiger partial charge in [0.1, 0.15) is 11.4 Å². The highest BCUT2D eigenvalue weighted by molar-refractivity contribution is 7.22. The Bertz CT molecular complexity index is 1710. The molecule has 172 valence electrons. The number of aryl methyl sites for hydroxylation is 1. The van der Waals surface area contributed by atoms with Crippen LogP contribution in [0.5, 0.6) is 11.6 Å². The maximum absolute atomic E-state index is 13.1. The first-order valence-electron chi connectivity index (χ1n) is 10.9. The maximum atomic E-state index is 13.1. The van der Waals surface area contributed by atoms with Gasteiger partial charge in [-0.1, -0.05) is 42.5 Å². The van der Waals surface area contributed by atoms with Crippen molar-refractivity contribution >= 4 is 43.0 Å². The van der Waals surface area contributed by atoms with Gasteiger partial charge in [-0.2, -0.15) is 13.2 Å². The molecule has 0 aliphatic heterocycles. The van der Waals surface area contributed by atoms with Crippen LogP contribution in [0.3, 0.4) is 0 Å². The number of benzene rings is 4. The summed E-state index contributed by atoms with van der Waals surface area (Å²) in [5.74, 6) is 0.551. The number of rotatable bonds is 3. The Hall–Kier alpha value is -3.97. The molecule has 0 amide bonds. The largest absolute Gasteiger partial charge is 0.437 e. The predicted octanol–water partition coefficient (Wildman–Crippen LogP) is 8.78. The molecular weight excluding hydrogens is 469 g/mol. The molecule has 2 aromatic heterocycles. The van der Waals surface area contributed by atoms with E-state index in [-0.39, 0.29) is 5.88 Å². The van der Waals surface area contributed by atoms with Crippen LogP contribution in [0.1, 0.15) is 11.1 Å². The molecule has 0 saturated carbocycles. The number of hydrogen-bond acceptors (Lipinski definition) is 4. The summed E-state index contributed by atoms with van der Waals surface area (Å²) in [6.07, 6.45) is -4.42. The molecule has 0 aliphatic carbocycles. The minimum absolute atomic E-state index is 0.249. The summed E-state index contributed by atoms with van der Waals surface area (Å²) in [5.41, 5.74) is 0.386. The first kappa shape index (κ1) is 21.6. The Labute approximate surface area is 202 Å². The molecular formula is C28H17F3N2OS. The summed E-state index contributed by atoms with van der Waals surface area (Å²) >= 11 is 1.64. The van der Waals surface area contributed by atoms with Gasteiger partial charge in [-0.25, -0.2) is 0 Å². The van der Waals surface area contributed by atoms with Crippen LogP contribution in [-0.2, 0) is 6.18 Å². The van der Waals surface area contributed by atoms with E-state index in [0.29, 0.717) is 11.3 Å². The zero-order chi connectivity index (χ0) is 24.2. The van der Waals surface area contributed by atoms with Gasteiger partial charge in [0, 0.05) is 15.5 Å². The minimum Gasteiger partial charge on any atom is -0.437 e. The topological polar surface area (TPSA) is 35.0 Å². The Kier molecular flexibility index (Phi) is 4.96. The van der Waals surface area contributed by atoms with Gasteiger partial charge >= 0.3 is 6.18 Å². The number of thiophene rings is 1. The van der Waals surface area contributed by atoms with Crippen LogP contribution in [0.4, 0.5) is 13.2 Å². The van der Waals surface area contributed by atoms with E-state index in [0.717, 1.165) is 54.3 Å². The van der Waals surface area contributed by atoms with E-state index in [1.165, 1.54) is 6.07 Å². The molecule has 0 N–H and O–H groups in total. The molecule has 0 unspecified atom stereocenters. The fourth-order valence-electron chi connectivity index (χ4n) is 4.22. The standard InChI is InChI=1S/C28H17F3N2OS/c1-16-12-20(28(29,30)31)10-11-23(16)34-27-22-14-18-7-3-2-6-17(18)13-21(22)26(32-33-27)25-15-19-8-4-5-9-24(19)35-25/h2-15H,1H3. The molecule has 0 radical (unpaired) electrons. The third kappa shape index (κ3) is 3.88. The van der Waals surface area contributed by atoms with Crippen molar-refractivity contribution in [1.29, 1.82) is 0 Å². The zero-order valence-electron chi connectivity index (χ0n) is 18.4. The zero-order valence-corrected chi connectivity index (χ0v) is 19.2. The van der Waals surface area contributed by atoms with E-state index in [9.17, 15) is 13.2 Å². The van der Waals surface area contributed by atoms with Gasteiger partial charge in [-0.05, 0) is 71.1 Å². The highest BCUT2D eigenvalue weighted by atomic mass is 32.1. The lowest BCUT2D eigenvalue weighted by molar-refractivity contribution is -0.137. The Morgan fingerprint density at radius 3 is 2.11 bits per heavy atom. The predicted molar refractivity (Wildman–Crippen MR) is 134 cm³/mol. The van der Waals surface area contributed by atoms with Gasteiger partial charge in [0.25, 0.3) is 0 Å². The van der Waals surface area contributed by atoms with Crippen molar-refractivity contribution in [2.45, 2.75) is 13.1 Å². The number of aromatic nitrogens is 2. The van der Waals surface area contributed by atoms with Crippen LogP contribution in [0.15, 0.2) is 84.9 Å². The smallest absolute Gasteiger partial charge is 0.416 e. The van der Waals surface area contributed by atoms with E-state index in [1.54, 1.807) is 18.3 Å². The summed E-state index contributed by atoms with van der Waals surface area (Å²) in [7, 11) is 0. The van der Waals surface area contributed by atoms with Crippen molar-refractivity contribution in [3.8, 4) is 22.2 Å².